The van der Waals surface area contributed by atoms with Crippen LogP contribution >= 0.6 is 0 Å². The van der Waals surface area contributed by atoms with Crippen molar-refractivity contribution in [2.75, 3.05) is 32.7 Å². The standard InChI is InChI=1S/C20H26N4O2/c1-15(2)24-9-5-8-18(20(24)26)22-10-12-23(13-11-22)19(25)17-7-4-3-6-16(17)14-21/h3-4,6-7,15,18H,5,8-13H2,1-2H3/t18-/m0/s1. The lowest BCUT2D eigenvalue weighted by Gasteiger charge is -2.43. The van der Waals surface area contributed by atoms with Crippen LogP contribution in [0.2, 0.25) is 0 Å². The third-order valence-corrected chi connectivity index (χ3v) is 5.39. The van der Waals surface area contributed by atoms with Crippen molar-refractivity contribution < 1.29 is 9.59 Å². The molecular weight excluding hydrogens is 328 g/mol. The molecule has 0 unspecified atom stereocenters. The molecule has 1 aromatic rings. The first kappa shape index (κ1) is 18.4. The summed E-state index contributed by atoms with van der Waals surface area (Å²) in [4.78, 5) is 31.5. The second-order valence-corrected chi connectivity index (χ2v) is 7.27. The average Bonchev–Trinajstić information content (AvgIpc) is 2.67. The van der Waals surface area contributed by atoms with Crippen LogP contribution in [0.4, 0.5) is 0 Å². The van der Waals surface area contributed by atoms with Crippen LogP contribution in [0, 0.1) is 11.3 Å². The smallest absolute Gasteiger partial charge is 0.255 e. The fraction of sp³-hybridized carbons (Fsp3) is 0.550. The van der Waals surface area contributed by atoms with Crippen molar-refractivity contribution in [1.82, 2.24) is 14.7 Å². The van der Waals surface area contributed by atoms with E-state index in [0.717, 1.165) is 19.4 Å². The van der Waals surface area contributed by atoms with Crippen molar-refractivity contribution in [3.8, 4) is 6.07 Å². The van der Waals surface area contributed by atoms with Crippen molar-refractivity contribution in [1.29, 1.82) is 5.26 Å². The molecule has 1 aromatic carbocycles. The number of nitrogens with zero attached hydrogens (tertiary/aromatic N) is 4. The van der Waals surface area contributed by atoms with E-state index in [1.165, 1.54) is 0 Å². The van der Waals surface area contributed by atoms with E-state index >= 15 is 0 Å². The van der Waals surface area contributed by atoms with Gasteiger partial charge >= 0.3 is 0 Å². The molecule has 2 aliphatic heterocycles. The van der Waals surface area contributed by atoms with Gasteiger partial charge in [-0.3, -0.25) is 14.5 Å². The molecule has 0 saturated carbocycles. The van der Waals surface area contributed by atoms with Crippen molar-refractivity contribution in [2.24, 2.45) is 0 Å². The highest BCUT2D eigenvalue weighted by molar-refractivity contribution is 5.96. The number of benzene rings is 1. The van der Waals surface area contributed by atoms with Crippen LogP contribution in [-0.2, 0) is 4.79 Å². The van der Waals surface area contributed by atoms with Crippen LogP contribution in [0.5, 0.6) is 0 Å². The zero-order valence-corrected chi connectivity index (χ0v) is 15.5. The zero-order chi connectivity index (χ0) is 18.7. The summed E-state index contributed by atoms with van der Waals surface area (Å²) in [7, 11) is 0. The van der Waals surface area contributed by atoms with Gasteiger partial charge in [0, 0.05) is 38.8 Å². The molecule has 0 radical (unpaired) electrons. The monoisotopic (exact) mass is 354 g/mol. The van der Waals surface area contributed by atoms with Crippen molar-refractivity contribution in [3.05, 3.63) is 35.4 Å². The maximum atomic E-state index is 12.8. The van der Waals surface area contributed by atoms with Gasteiger partial charge in [-0.1, -0.05) is 12.1 Å². The predicted octanol–water partition coefficient (Wildman–Crippen LogP) is 1.72. The number of carbonyl (C=O) groups is 2. The zero-order valence-electron chi connectivity index (χ0n) is 15.5. The Labute approximate surface area is 155 Å². The minimum Gasteiger partial charge on any atom is -0.339 e. The van der Waals surface area contributed by atoms with Crippen LogP contribution < -0.4 is 0 Å². The number of likely N-dealkylation sites (tertiary alicyclic amines) is 1. The molecule has 2 fully saturated rings. The fourth-order valence-corrected chi connectivity index (χ4v) is 3.91. The SMILES string of the molecule is CC(C)N1CCC[C@H](N2CCN(C(=O)c3ccccc3C#N)CC2)C1=O. The minimum atomic E-state index is -0.0967. The Bertz CT molecular complexity index is 717. The summed E-state index contributed by atoms with van der Waals surface area (Å²) in [6.07, 6.45) is 1.93. The molecule has 0 aromatic heterocycles. The number of rotatable bonds is 3. The van der Waals surface area contributed by atoms with Gasteiger partial charge in [-0.25, -0.2) is 0 Å². The van der Waals surface area contributed by atoms with Gasteiger partial charge < -0.3 is 9.80 Å². The van der Waals surface area contributed by atoms with E-state index in [0.29, 0.717) is 37.3 Å². The molecule has 0 N–H and O–H groups in total. The Morgan fingerprint density at radius 2 is 1.85 bits per heavy atom. The Morgan fingerprint density at radius 1 is 1.15 bits per heavy atom. The molecule has 2 heterocycles. The van der Waals surface area contributed by atoms with Crippen molar-refractivity contribution in [3.63, 3.8) is 0 Å². The van der Waals surface area contributed by atoms with E-state index < -0.39 is 0 Å². The van der Waals surface area contributed by atoms with E-state index in [1.807, 2.05) is 4.90 Å². The van der Waals surface area contributed by atoms with Crippen LogP contribution in [-0.4, -0.2) is 71.3 Å². The molecule has 1 atom stereocenters. The van der Waals surface area contributed by atoms with Gasteiger partial charge in [-0.15, -0.1) is 0 Å². The highest BCUT2D eigenvalue weighted by Crippen LogP contribution is 2.21. The summed E-state index contributed by atoms with van der Waals surface area (Å²) in [5.74, 6) is 0.126. The number of piperidine rings is 1. The van der Waals surface area contributed by atoms with Crippen molar-refractivity contribution in [2.45, 2.75) is 38.8 Å². The summed E-state index contributed by atoms with van der Waals surface area (Å²) >= 11 is 0. The third-order valence-electron chi connectivity index (χ3n) is 5.39. The Hall–Kier alpha value is -2.39. The number of amides is 2. The molecule has 26 heavy (non-hydrogen) atoms. The molecule has 2 amide bonds. The second-order valence-electron chi connectivity index (χ2n) is 7.27. The normalized spacial score (nSPS) is 21.8. The van der Waals surface area contributed by atoms with Crippen LogP contribution in [0.15, 0.2) is 24.3 Å². The first-order chi connectivity index (χ1) is 12.5. The van der Waals surface area contributed by atoms with Gasteiger partial charge in [0.05, 0.1) is 23.2 Å². The van der Waals surface area contributed by atoms with Gasteiger partial charge in [-0.2, -0.15) is 5.26 Å². The number of hydrogen-bond acceptors (Lipinski definition) is 4. The lowest BCUT2D eigenvalue weighted by molar-refractivity contribution is -0.142. The van der Waals surface area contributed by atoms with Gasteiger partial charge in [0.1, 0.15) is 0 Å². The maximum absolute atomic E-state index is 12.8. The topological polar surface area (TPSA) is 67.7 Å². The van der Waals surface area contributed by atoms with Crippen LogP contribution in [0.1, 0.15) is 42.6 Å². The quantitative estimate of drug-likeness (QED) is 0.829. The summed E-state index contributed by atoms with van der Waals surface area (Å²) in [5.41, 5.74) is 0.873. The highest BCUT2D eigenvalue weighted by Gasteiger charge is 2.36. The largest absolute Gasteiger partial charge is 0.339 e. The van der Waals surface area contributed by atoms with Gasteiger partial charge in [0.25, 0.3) is 5.91 Å². The first-order valence-electron chi connectivity index (χ1n) is 9.36. The molecular formula is C20H26N4O2. The second kappa shape index (κ2) is 7.88. The predicted molar refractivity (Wildman–Crippen MR) is 98.5 cm³/mol. The van der Waals surface area contributed by atoms with Crippen LogP contribution in [0.25, 0.3) is 0 Å². The summed E-state index contributed by atoms with van der Waals surface area (Å²) < 4.78 is 0. The van der Waals surface area contributed by atoms with Gasteiger partial charge in [0.2, 0.25) is 5.91 Å². The number of hydrogen-bond donors (Lipinski definition) is 0. The Morgan fingerprint density at radius 3 is 2.50 bits per heavy atom. The molecule has 0 aliphatic carbocycles. The molecule has 2 saturated heterocycles. The third kappa shape index (κ3) is 3.58. The molecule has 6 heteroatoms. The maximum Gasteiger partial charge on any atom is 0.255 e. The molecule has 0 bridgehead atoms. The number of piperazine rings is 1. The fourth-order valence-electron chi connectivity index (χ4n) is 3.91. The lowest BCUT2D eigenvalue weighted by atomic mass is 10.0. The first-order valence-corrected chi connectivity index (χ1v) is 9.36. The molecule has 0 spiro atoms. The number of nitriles is 1. The van der Waals surface area contributed by atoms with Crippen LogP contribution in [0.3, 0.4) is 0 Å². The highest BCUT2D eigenvalue weighted by atomic mass is 16.2. The van der Waals surface area contributed by atoms with Gasteiger partial charge in [-0.05, 0) is 38.8 Å². The van der Waals surface area contributed by atoms with Gasteiger partial charge in [0.15, 0.2) is 0 Å². The minimum absolute atomic E-state index is 0.0604. The summed E-state index contributed by atoms with van der Waals surface area (Å²) in [6.45, 7) is 7.53. The molecule has 138 valence electrons. The van der Waals surface area contributed by atoms with E-state index in [4.69, 9.17) is 0 Å². The van der Waals surface area contributed by atoms with E-state index in [9.17, 15) is 14.9 Å². The molecule has 3 rings (SSSR count). The Balaban J connectivity index is 1.63. The van der Waals surface area contributed by atoms with Crippen molar-refractivity contribution >= 4 is 11.8 Å². The van der Waals surface area contributed by atoms with E-state index in [-0.39, 0.29) is 23.9 Å². The average molecular weight is 354 g/mol. The lowest BCUT2D eigenvalue weighted by Crippen LogP contribution is -2.59. The summed E-state index contributed by atoms with van der Waals surface area (Å²) in [5, 5.41) is 9.21. The molecule has 6 nitrogen and oxygen atoms in total. The summed E-state index contributed by atoms with van der Waals surface area (Å²) in [6, 6.07) is 9.19. The van der Waals surface area contributed by atoms with E-state index in [2.05, 4.69) is 24.8 Å². The molecule has 2 aliphatic rings. The number of carbonyl (C=O) groups excluding carboxylic acids is 2. The van der Waals surface area contributed by atoms with E-state index in [1.54, 1.807) is 29.2 Å². The Kier molecular flexibility index (Phi) is 5.58.